The normalized spacial score (nSPS) is 14.2. The molecule has 0 nitrogen and oxygen atoms in total. The van der Waals surface area contributed by atoms with Crippen LogP contribution in [0.5, 0.6) is 0 Å². The van der Waals surface area contributed by atoms with Crippen LogP contribution in [0.1, 0.15) is 6.42 Å². The van der Waals surface area contributed by atoms with Crippen molar-refractivity contribution in [2.45, 2.75) is 14.7 Å². The molecule has 1 aliphatic rings. The van der Waals surface area contributed by atoms with Gasteiger partial charge in [0.2, 0.25) is 0 Å². The van der Waals surface area contributed by atoms with Crippen LogP contribution in [0.25, 0.3) is 0 Å². The molecule has 0 fully saturated rings. The van der Waals surface area contributed by atoms with Crippen LogP contribution < -0.4 is 0 Å². The van der Waals surface area contributed by atoms with E-state index in [0.717, 1.165) is 0 Å². The van der Waals surface area contributed by atoms with Crippen LogP contribution in [0.15, 0.2) is 46.8 Å². The summed E-state index contributed by atoms with van der Waals surface area (Å²) in [6, 6.07) is 0. The van der Waals surface area contributed by atoms with Crippen molar-refractivity contribution < 1.29 is 21.8 Å². The predicted octanol–water partition coefficient (Wildman–Crippen LogP) is 3.66. The Morgan fingerprint density at radius 3 is 2.42 bits per heavy atom. The first kappa shape index (κ1) is 9.93. The molecule has 0 radical (unpaired) electrons. The molecule has 0 N–H and O–H groups in total. The summed E-state index contributed by atoms with van der Waals surface area (Å²) in [7, 11) is 0. The zero-order valence-corrected chi connectivity index (χ0v) is 9.88. The van der Waals surface area contributed by atoms with Gasteiger partial charge < -0.3 is 0 Å². The molecule has 0 aromatic carbocycles. The molecule has 0 aromatic heterocycles. The molecular formula is C11H15Zr. The fraction of sp³-hybridized carbons (Fsp3) is 0.273. The van der Waals surface area contributed by atoms with E-state index in [1.165, 1.54) is 14.7 Å². The molecule has 0 saturated heterocycles. The van der Waals surface area contributed by atoms with Gasteiger partial charge in [-0.3, -0.25) is 0 Å². The Kier molecular flexibility index (Phi) is 4.54. The summed E-state index contributed by atoms with van der Waals surface area (Å²) in [5.41, 5.74) is 0. The first-order valence-corrected chi connectivity index (χ1v) is 9.01. The Balaban J connectivity index is 2.52. The Morgan fingerprint density at radius 1 is 1.33 bits per heavy atom. The van der Waals surface area contributed by atoms with Gasteiger partial charge in [0, 0.05) is 0 Å². The Morgan fingerprint density at radius 2 is 2.00 bits per heavy atom. The topological polar surface area (TPSA) is 0 Å². The summed E-state index contributed by atoms with van der Waals surface area (Å²) in [5, 5.41) is 0. The molecule has 0 spiro atoms. The predicted molar refractivity (Wildman–Crippen MR) is 51.8 cm³/mol. The van der Waals surface area contributed by atoms with Crippen molar-refractivity contribution in [3.05, 3.63) is 46.8 Å². The van der Waals surface area contributed by atoms with Gasteiger partial charge in [0.25, 0.3) is 0 Å². The molecule has 12 heavy (non-hydrogen) atoms. The second kappa shape index (κ2) is 5.48. The number of hydrogen-bond acceptors (Lipinski definition) is 0. The fourth-order valence-corrected chi connectivity index (χ4v) is 6.63. The van der Waals surface area contributed by atoms with Crippen LogP contribution in [0.4, 0.5) is 0 Å². The molecule has 1 aliphatic carbocycles. The molecule has 0 heterocycles. The van der Waals surface area contributed by atoms with E-state index in [-0.39, 0.29) is 0 Å². The van der Waals surface area contributed by atoms with Gasteiger partial charge in [0.15, 0.2) is 0 Å². The Bertz CT molecular complexity index is 213. The summed E-state index contributed by atoms with van der Waals surface area (Å²) in [6.45, 7) is 7.64. The fourth-order valence-electron chi connectivity index (χ4n) is 1.40. The second-order valence-electron chi connectivity index (χ2n) is 2.91. The van der Waals surface area contributed by atoms with Gasteiger partial charge in [-0.25, -0.2) is 0 Å². The minimum atomic E-state index is -1.29. The Hall–Kier alpha value is -0.157. The second-order valence-corrected chi connectivity index (χ2v) is 9.47. The first-order chi connectivity index (χ1) is 5.88. The Labute approximate surface area is 83.0 Å². The molecule has 0 bridgehead atoms. The summed E-state index contributed by atoms with van der Waals surface area (Å²) >= 11 is -1.29. The van der Waals surface area contributed by atoms with Crippen molar-refractivity contribution in [2.24, 2.45) is 0 Å². The average molecular weight is 238 g/mol. The minimum absolute atomic E-state index is 1.20. The zero-order chi connectivity index (χ0) is 8.81. The third-order valence-electron chi connectivity index (χ3n) is 2.01. The van der Waals surface area contributed by atoms with Gasteiger partial charge in [-0.2, -0.15) is 0 Å². The molecule has 0 saturated carbocycles. The van der Waals surface area contributed by atoms with Crippen LogP contribution in [0.2, 0.25) is 8.26 Å². The molecule has 0 aromatic rings. The van der Waals surface area contributed by atoms with Crippen molar-refractivity contribution >= 4 is 0 Å². The van der Waals surface area contributed by atoms with Gasteiger partial charge in [0.05, 0.1) is 0 Å². The molecule has 63 valence electrons. The van der Waals surface area contributed by atoms with E-state index in [2.05, 4.69) is 43.5 Å². The van der Waals surface area contributed by atoms with Crippen LogP contribution in [0.3, 0.4) is 0 Å². The molecule has 0 aliphatic heterocycles. The van der Waals surface area contributed by atoms with Gasteiger partial charge in [-0.05, 0) is 0 Å². The van der Waals surface area contributed by atoms with Crippen molar-refractivity contribution in [1.82, 2.24) is 0 Å². The maximum atomic E-state index is 3.82. The number of allylic oxidation sites excluding steroid dienone is 6. The van der Waals surface area contributed by atoms with Crippen molar-refractivity contribution in [3.63, 3.8) is 0 Å². The van der Waals surface area contributed by atoms with Gasteiger partial charge >= 0.3 is 83.2 Å². The zero-order valence-electron chi connectivity index (χ0n) is 7.42. The third-order valence-corrected chi connectivity index (χ3v) is 8.99. The number of rotatable bonds is 5. The summed E-state index contributed by atoms with van der Waals surface area (Å²) in [5.74, 6) is 0. The first-order valence-electron chi connectivity index (χ1n) is 4.31. The van der Waals surface area contributed by atoms with Crippen LogP contribution in [-0.4, -0.2) is 0 Å². The van der Waals surface area contributed by atoms with Crippen molar-refractivity contribution in [2.75, 3.05) is 0 Å². The van der Waals surface area contributed by atoms with E-state index >= 15 is 0 Å². The summed E-state index contributed by atoms with van der Waals surface area (Å²) in [6.07, 6.45) is 12.1. The summed E-state index contributed by atoms with van der Waals surface area (Å²) in [4.78, 5) is 0. The van der Waals surface area contributed by atoms with Crippen LogP contribution >= 0.6 is 0 Å². The third kappa shape index (κ3) is 2.71. The van der Waals surface area contributed by atoms with Crippen molar-refractivity contribution in [3.8, 4) is 0 Å². The van der Waals surface area contributed by atoms with E-state index in [0.29, 0.717) is 0 Å². The summed E-state index contributed by atoms with van der Waals surface area (Å²) < 4.78 is 4.25. The molecule has 0 unspecified atom stereocenters. The van der Waals surface area contributed by atoms with Crippen molar-refractivity contribution in [1.29, 1.82) is 0 Å². The van der Waals surface area contributed by atoms with E-state index in [4.69, 9.17) is 0 Å². The molecule has 0 atom stereocenters. The molecular weight excluding hydrogens is 223 g/mol. The van der Waals surface area contributed by atoms with Crippen LogP contribution in [0, 0.1) is 0 Å². The quantitative estimate of drug-likeness (QED) is 0.641. The average Bonchev–Trinajstić information content (AvgIpc) is 2.56. The maximum absolute atomic E-state index is 3.82. The van der Waals surface area contributed by atoms with Gasteiger partial charge in [-0.1, -0.05) is 0 Å². The van der Waals surface area contributed by atoms with E-state index in [1.54, 1.807) is 3.28 Å². The monoisotopic (exact) mass is 237 g/mol. The number of hydrogen-bond donors (Lipinski definition) is 0. The molecule has 0 amide bonds. The molecule has 1 rings (SSSR count). The van der Waals surface area contributed by atoms with E-state index in [1.807, 2.05) is 0 Å². The molecule has 1 heteroatoms. The van der Waals surface area contributed by atoms with E-state index in [9.17, 15) is 0 Å². The van der Waals surface area contributed by atoms with E-state index < -0.39 is 21.8 Å². The SMILES string of the molecule is C=C[CH2][Zr]([CH2]C=C)[C]1=CC=CC1. The standard InChI is InChI=1S/C5H5.2C3H5.Zr/c1-2-4-5-3-1;2*1-3-2;/h1-3H,4H2;2*3H,1-2H2;. The van der Waals surface area contributed by atoms with Crippen LogP contribution in [-0.2, 0) is 21.8 Å². The van der Waals surface area contributed by atoms with Gasteiger partial charge in [-0.15, -0.1) is 0 Å². The van der Waals surface area contributed by atoms with Gasteiger partial charge in [0.1, 0.15) is 0 Å².